The smallest absolute Gasteiger partial charge is 0.191 e. The zero-order valence-corrected chi connectivity index (χ0v) is 17.5. The number of fused-ring (bicyclic) bond motifs is 1. The number of rotatable bonds is 5. The Morgan fingerprint density at radius 2 is 2.22 bits per heavy atom. The van der Waals surface area contributed by atoms with E-state index in [2.05, 4.69) is 25.7 Å². The molecule has 7 nitrogen and oxygen atoms in total. The summed E-state index contributed by atoms with van der Waals surface area (Å²) in [7, 11) is 3.25. The molecule has 0 radical (unpaired) electrons. The first-order valence-corrected chi connectivity index (χ1v) is 8.41. The minimum absolute atomic E-state index is 0. The first-order chi connectivity index (χ1) is 12.6. The SMILES string of the molecule is CN=C(NCc1cc(F)ccc1F)NC1CCc2nc(COC)nn2C1.I. The fourth-order valence-electron chi connectivity index (χ4n) is 2.91. The molecule has 2 N–H and O–H groups in total. The fourth-order valence-corrected chi connectivity index (χ4v) is 2.91. The molecule has 10 heteroatoms. The van der Waals surface area contributed by atoms with Crippen LogP contribution in [0.3, 0.4) is 0 Å². The Bertz CT molecular complexity index is 798. The maximum Gasteiger partial charge on any atom is 0.191 e. The molecule has 0 amide bonds. The van der Waals surface area contributed by atoms with Gasteiger partial charge in [-0.05, 0) is 24.6 Å². The summed E-state index contributed by atoms with van der Waals surface area (Å²) in [5, 5.41) is 10.7. The van der Waals surface area contributed by atoms with E-state index in [9.17, 15) is 8.78 Å². The summed E-state index contributed by atoms with van der Waals surface area (Å²) in [6.45, 7) is 1.18. The summed E-state index contributed by atoms with van der Waals surface area (Å²) in [6, 6.07) is 3.51. The van der Waals surface area contributed by atoms with E-state index in [4.69, 9.17) is 4.74 Å². The lowest BCUT2D eigenvalue weighted by molar-refractivity contribution is 0.177. The molecule has 0 saturated heterocycles. The maximum atomic E-state index is 13.7. The van der Waals surface area contributed by atoms with Crippen molar-refractivity contribution in [1.29, 1.82) is 0 Å². The van der Waals surface area contributed by atoms with Gasteiger partial charge in [0.2, 0.25) is 0 Å². The minimum Gasteiger partial charge on any atom is -0.377 e. The van der Waals surface area contributed by atoms with Gasteiger partial charge in [-0.25, -0.2) is 18.4 Å². The van der Waals surface area contributed by atoms with Crippen LogP contribution in [0, 0.1) is 11.6 Å². The first kappa shape index (κ1) is 21.5. The Kier molecular flexibility index (Phi) is 7.90. The Balaban J connectivity index is 0.00000261. The summed E-state index contributed by atoms with van der Waals surface area (Å²) in [5.74, 6) is 1.22. The molecule has 3 rings (SSSR count). The van der Waals surface area contributed by atoms with Crippen LogP contribution >= 0.6 is 24.0 Å². The highest BCUT2D eigenvalue weighted by molar-refractivity contribution is 14.0. The second kappa shape index (κ2) is 9.93. The summed E-state index contributed by atoms with van der Waals surface area (Å²) in [4.78, 5) is 8.60. The highest BCUT2D eigenvalue weighted by Gasteiger charge is 2.22. The van der Waals surface area contributed by atoms with E-state index in [0.717, 1.165) is 30.8 Å². The molecule has 1 aliphatic heterocycles. The molecule has 148 valence electrons. The van der Waals surface area contributed by atoms with Gasteiger partial charge in [0.25, 0.3) is 0 Å². The molecule has 1 atom stereocenters. The van der Waals surface area contributed by atoms with Crippen LogP contribution in [0.4, 0.5) is 8.78 Å². The molecule has 1 unspecified atom stereocenters. The molecular formula is C17H23F2IN6O. The van der Waals surface area contributed by atoms with E-state index in [1.807, 2.05) is 4.68 Å². The van der Waals surface area contributed by atoms with Crippen molar-refractivity contribution in [2.24, 2.45) is 4.99 Å². The monoisotopic (exact) mass is 492 g/mol. The number of nitrogens with one attached hydrogen (secondary N) is 2. The van der Waals surface area contributed by atoms with Crippen LogP contribution in [-0.2, 0) is 30.9 Å². The summed E-state index contributed by atoms with van der Waals surface area (Å²) < 4.78 is 33.9. The van der Waals surface area contributed by atoms with Crippen LogP contribution in [-0.4, -0.2) is 40.9 Å². The minimum atomic E-state index is -0.469. The normalized spacial score (nSPS) is 16.4. The molecule has 0 aliphatic carbocycles. The number of ether oxygens (including phenoxy) is 1. The number of aromatic nitrogens is 3. The molecular weight excluding hydrogens is 469 g/mol. The van der Waals surface area contributed by atoms with Gasteiger partial charge in [-0.15, -0.1) is 24.0 Å². The van der Waals surface area contributed by atoms with E-state index in [1.165, 1.54) is 6.07 Å². The van der Waals surface area contributed by atoms with Crippen molar-refractivity contribution < 1.29 is 13.5 Å². The zero-order chi connectivity index (χ0) is 18.5. The summed E-state index contributed by atoms with van der Waals surface area (Å²) in [5.41, 5.74) is 0.249. The largest absolute Gasteiger partial charge is 0.377 e. The third-order valence-corrected chi connectivity index (χ3v) is 4.19. The summed E-state index contributed by atoms with van der Waals surface area (Å²) >= 11 is 0. The number of halogens is 3. The molecule has 0 bridgehead atoms. The molecule has 2 heterocycles. The number of nitrogens with zero attached hydrogens (tertiary/aromatic N) is 4. The molecule has 0 saturated carbocycles. The number of guanidine groups is 1. The molecule has 27 heavy (non-hydrogen) atoms. The Morgan fingerprint density at radius 1 is 1.41 bits per heavy atom. The molecule has 1 aliphatic rings. The molecule has 0 fully saturated rings. The Hall–Kier alpha value is -1.82. The lowest BCUT2D eigenvalue weighted by Crippen LogP contribution is -2.46. The first-order valence-electron chi connectivity index (χ1n) is 8.41. The van der Waals surface area contributed by atoms with E-state index in [0.29, 0.717) is 24.9 Å². The number of hydrogen-bond acceptors (Lipinski definition) is 4. The Labute approximate surface area is 173 Å². The number of aliphatic imine (C=N–C) groups is 1. The predicted molar refractivity (Wildman–Crippen MR) is 108 cm³/mol. The van der Waals surface area contributed by atoms with Gasteiger partial charge in [0.15, 0.2) is 11.8 Å². The number of benzene rings is 1. The van der Waals surface area contributed by atoms with Crippen LogP contribution < -0.4 is 10.6 Å². The predicted octanol–water partition coefficient (Wildman–Crippen LogP) is 2.00. The second-order valence-corrected chi connectivity index (χ2v) is 6.10. The van der Waals surface area contributed by atoms with Crippen molar-refractivity contribution in [3.05, 3.63) is 47.0 Å². The highest BCUT2D eigenvalue weighted by atomic mass is 127. The number of methoxy groups -OCH3 is 1. The fraction of sp³-hybridized carbons (Fsp3) is 0.471. The van der Waals surface area contributed by atoms with Crippen molar-refractivity contribution in [2.45, 2.75) is 38.6 Å². The second-order valence-electron chi connectivity index (χ2n) is 6.10. The average molecular weight is 492 g/mol. The Morgan fingerprint density at radius 3 is 2.96 bits per heavy atom. The van der Waals surface area contributed by atoms with Gasteiger partial charge < -0.3 is 15.4 Å². The van der Waals surface area contributed by atoms with Crippen molar-refractivity contribution in [2.75, 3.05) is 14.2 Å². The van der Waals surface area contributed by atoms with Gasteiger partial charge in [0, 0.05) is 38.7 Å². The average Bonchev–Trinajstić information content (AvgIpc) is 3.03. The number of aryl methyl sites for hydroxylation is 1. The topological polar surface area (TPSA) is 76.4 Å². The van der Waals surface area contributed by atoms with Gasteiger partial charge in [-0.1, -0.05) is 0 Å². The highest BCUT2D eigenvalue weighted by Crippen LogP contribution is 2.14. The van der Waals surface area contributed by atoms with Crippen molar-refractivity contribution in [3.8, 4) is 0 Å². The molecule has 2 aromatic rings. The quantitative estimate of drug-likeness (QED) is 0.380. The molecule has 1 aromatic carbocycles. The van der Waals surface area contributed by atoms with E-state index in [1.54, 1.807) is 14.2 Å². The van der Waals surface area contributed by atoms with E-state index in [-0.39, 0.29) is 42.1 Å². The van der Waals surface area contributed by atoms with Gasteiger partial charge >= 0.3 is 0 Å². The lowest BCUT2D eigenvalue weighted by atomic mass is 10.1. The number of hydrogen-bond donors (Lipinski definition) is 2. The van der Waals surface area contributed by atoms with Crippen LogP contribution in [0.25, 0.3) is 0 Å². The van der Waals surface area contributed by atoms with Crippen molar-refractivity contribution in [1.82, 2.24) is 25.4 Å². The summed E-state index contributed by atoms with van der Waals surface area (Å²) in [6.07, 6.45) is 1.67. The van der Waals surface area contributed by atoms with Crippen LogP contribution in [0.15, 0.2) is 23.2 Å². The van der Waals surface area contributed by atoms with E-state index < -0.39 is 11.6 Å². The molecule has 0 spiro atoms. The zero-order valence-electron chi connectivity index (χ0n) is 15.2. The standard InChI is InChI=1S/C17H22F2N6O.HI/c1-20-17(21-8-11-7-12(18)3-5-14(11)19)22-13-4-6-16-23-15(10-26-2)24-25(16)9-13;/h3,5,7,13H,4,6,8-10H2,1-2H3,(H2,20,21,22);1H. The van der Waals surface area contributed by atoms with Gasteiger partial charge in [0.05, 0.1) is 6.54 Å². The third-order valence-electron chi connectivity index (χ3n) is 4.19. The van der Waals surface area contributed by atoms with Crippen molar-refractivity contribution in [3.63, 3.8) is 0 Å². The van der Waals surface area contributed by atoms with Crippen LogP contribution in [0.5, 0.6) is 0 Å². The van der Waals surface area contributed by atoms with Gasteiger partial charge in [0.1, 0.15) is 24.1 Å². The van der Waals surface area contributed by atoms with Gasteiger partial charge in [-0.3, -0.25) is 4.99 Å². The lowest BCUT2D eigenvalue weighted by Gasteiger charge is -2.25. The van der Waals surface area contributed by atoms with E-state index >= 15 is 0 Å². The van der Waals surface area contributed by atoms with Crippen LogP contribution in [0.2, 0.25) is 0 Å². The molecule has 1 aromatic heterocycles. The maximum absolute atomic E-state index is 13.7. The van der Waals surface area contributed by atoms with Gasteiger partial charge in [-0.2, -0.15) is 5.10 Å². The van der Waals surface area contributed by atoms with Crippen molar-refractivity contribution >= 4 is 29.9 Å². The van der Waals surface area contributed by atoms with Crippen LogP contribution in [0.1, 0.15) is 23.6 Å². The third kappa shape index (κ3) is 5.58.